The summed E-state index contributed by atoms with van der Waals surface area (Å²) in [7, 11) is 0. The van der Waals surface area contributed by atoms with Gasteiger partial charge in [-0.1, -0.05) is 20.8 Å². The van der Waals surface area contributed by atoms with Gasteiger partial charge in [-0.25, -0.2) is 8.78 Å². The lowest BCUT2D eigenvalue weighted by molar-refractivity contribution is -0.136. The summed E-state index contributed by atoms with van der Waals surface area (Å²) < 4.78 is 32.1. The maximum Gasteiger partial charge on any atom is 0.293 e. The first kappa shape index (κ1) is 12.4. The van der Waals surface area contributed by atoms with Crippen LogP contribution in [0.15, 0.2) is 0 Å². The van der Waals surface area contributed by atoms with Gasteiger partial charge in [0.05, 0.1) is 0 Å². The highest BCUT2D eigenvalue weighted by molar-refractivity contribution is 5.38. The molecule has 1 saturated carbocycles. The maximum atomic E-state index is 13.7. The summed E-state index contributed by atoms with van der Waals surface area (Å²) in [6, 6.07) is 0. The second-order valence-electron chi connectivity index (χ2n) is 4.59. The Morgan fingerprint density at radius 1 is 1.60 bits per heavy atom. The molecule has 0 spiro atoms. The van der Waals surface area contributed by atoms with Crippen molar-refractivity contribution in [2.75, 3.05) is 0 Å². The maximum absolute atomic E-state index is 13.7. The normalized spacial score (nSPS) is 37.2. The number of ether oxygens (including phenoxy) is 1. The molecule has 88 valence electrons. The zero-order valence-corrected chi connectivity index (χ0v) is 9.59. The molecule has 0 aromatic heterocycles. The Kier molecular flexibility index (Phi) is 3.08. The van der Waals surface area contributed by atoms with Crippen LogP contribution >= 0.6 is 0 Å². The zero-order chi connectivity index (χ0) is 11.9. The van der Waals surface area contributed by atoms with Crippen molar-refractivity contribution in [3.8, 4) is 0 Å². The molecular weight excluding hydrogens is 202 g/mol. The lowest BCUT2D eigenvalue weighted by Crippen LogP contribution is -2.31. The molecule has 1 fully saturated rings. The molecule has 4 heteroatoms. The minimum Gasteiger partial charge on any atom is -0.465 e. The summed E-state index contributed by atoms with van der Waals surface area (Å²) in [6.45, 7) is 6.86. The van der Waals surface area contributed by atoms with Gasteiger partial charge in [0.1, 0.15) is 6.10 Å². The van der Waals surface area contributed by atoms with Crippen molar-refractivity contribution >= 4 is 6.47 Å². The topological polar surface area (TPSA) is 26.3 Å². The summed E-state index contributed by atoms with van der Waals surface area (Å²) in [5, 5.41) is 0. The second kappa shape index (κ2) is 3.72. The fourth-order valence-electron chi connectivity index (χ4n) is 2.79. The van der Waals surface area contributed by atoms with Crippen LogP contribution in [-0.2, 0) is 9.53 Å². The molecule has 0 amide bonds. The Morgan fingerprint density at radius 2 is 2.13 bits per heavy atom. The van der Waals surface area contributed by atoms with Crippen LogP contribution in [0.4, 0.5) is 8.78 Å². The smallest absolute Gasteiger partial charge is 0.293 e. The van der Waals surface area contributed by atoms with Crippen LogP contribution in [0.2, 0.25) is 0 Å². The minimum absolute atomic E-state index is 0.109. The summed E-state index contributed by atoms with van der Waals surface area (Å²) >= 11 is 0. The van der Waals surface area contributed by atoms with Crippen molar-refractivity contribution in [1.82, 2.24) is 0 Å². The van der Waals surface area contributed by atoms with E-state index in [1.165, 1.54) is 6.92 Å². The lowest BCUT2D eigenvalue weighted by atomic mass is 9.92. The molecule has 0 N–H and O–H groups in total. The largest absolute Gasteiger partial charge is 0.465 e. The monoisotopic (exact) mass is 220 g/mol. The van der Waals surface area contributed by atoms with E-state index in [1.807, 2.05) is 0 Å². The molecule has 0 aromatic rings. The van der Waals surface area contributed by atoms with Gasteiger partial charge in [-0.05, 0) is 12.8 Å². The number of hydrogen-bond acceptors (Lipinski definition) is 2. The van der Waals surface area contributed by atoms with Gasteiger partial charge in [0.15, 0.2) is 0 Å². The fraction of sp³-hybridized carbons (Fsp3) is 0.909. The van der Waals surface area contributed by atoms with Gasteiger partial charge >= 0.3 is 0 Å². The van der Waals surface area contributed by atoms with E-state index in [4.69, 9.17) is 4.74 Å². The van der Waals surface area contributed by atoms with Gasteiger partial charge in [-0.2, -0.15) is 0 Å². The Labute approximate surface area is 89.0 Å². The van der Waals surface area contributed by atoms with Gasteiger partial charge < -0.3 is 4.74 Å². The van der Waals surface area contributed by atoms with Gasteiger partial charge in [0.25, 0.3) is 12.4 Å². The van der Waals surface area contributed by atoms with E-state index in [9.17, 15) is 13.6 Å². The Bertz CT molecular complexity index is 255. The van der Waals surface area contributed by atoms with Crippen LogP contribution in [0.5, 0.6) is 0 Å². The van der Waals surface area contributed by atoms with Crippen molar-refractivity contribution < 1.29 is 18.3 Å². The van der Waals surface area contributed by atoms with E-state index >= 15 is 0 Å². The number of alkyl halides is 2. The van der Waals surface area contributed by atoms with Crippen LogP contribution < -0.4 is 0 Å². The highest BCUT2D eigenvalue weighted by atomic mass is 19.3. The Hall–Kier alpha value is -0.670. The molecular formula is C11H18F2O2. The lowest BCUT2D eigenvalue weighted by Gasteiger charge is -2.25. The molecule has 0 heterocycles. The first-order valence-electron chi connectivity index (χ1n) is 5.29. The summed E-state index contributed by atoms with van der Waals surface area (Å²) in [6.07, 6.45) is -0.599. The van der Waals surface area contributed by atoms with Crippen LogP contribution in [0, 0.1) is 17.3 Å². The highest BCUT2D eigenvalue weighted by Gasteiger charge is 2.72. The molecule has 0 bridgehead atoms. The van der Waals surface area contributed by atoms with E-state index in [0.717, 1.165) is 0 Å². The molecule has 0 saturated heterocycles. The van der Waals surface area contributed by atoms with Gasteiger partial charge in [-0.15, -0.1) is 0 Å². The molecule has 4 atom stereocenters. The highest BCUT2D eigenvalue weighted by Crippen LogP contribution is 2.68. The molecule has 4 unspecified atom stereocenters. The van der Waals surface area contributed by atoms with Gasteiger partial charge in [0.2, 0.25) is 0 Å². The molecule has 15 heavy (non-hydrogen) atoms. The van der Waals surface area contributed by atoms with Crippen molar-refractivity contribution in [2.24, 2.45) is 17.3 Å². The van der Waals surface area contributed by atoms with E-state index in [0.29, 0.717) is 6.47 Å². The number of rotatable bonds is 5. The third kappa shape index (κ3) is 1.64. The number of halogens is 2. The summed E-state index contributed by atoms with van der Waals surface area (Å²) in [5.41, 5.74) is -1.02. The average molecular weight is 220 g/mol. The number of carbonyl (C=O) groups is 1. The number of carbonyl (C=O) groups excluding carboxylic acids is 1. The summed E-state index contributed by atoms with van der Waals surface area (Å²) in [5.74, 6) is -3.03. The Balaban J connectivity index is 2.78. The third-order valence-corrected chi connectivity index (χ3v) is 4.08. The van der Waals surface area contributed by atoms with Crippen molar-refractivity contribution in [3.05, 3.63) is 0 Å². The molecule has 1 aliphatic carbocycles. The van der Waals surface area contributed by atoms with E-state index < -0.39 is 17.4 Å². The first-order chi connectivity index (χ1) is 6.82. The van der Waals surface area contributed by atoms with Crippen LogP contribution in [0.3, 0.4) is 0 Å². The quantitative estimate of drug-likeness (QED) is 0.666. The van der Waals surface area contributed by atoms with Crippen molar-refractivity contribution in [2.45, 2.75) is 46.1 Å². The SMILES string of the molecule is CCC(F)(F)C1(C)C(C)C1C(C)OC=O. The van der Waals surface area contributed by atoms with Crippen molar-refractivity contribution in [3.63, 3.8) is 0 Å². The van der Waals surface area contributed by atoms with Crippen LogP contribution in [-0.4, -0.2) is 18.5 Å². The second-order valence-corrected chi connectivity index (χ2v) is 4.59. The third-order valence-electron chi connectivity index (χ3n) is 4.08. The molecule has 0 radical (unpaired) electrons. The van der Waals surface area contributed by atoms with Crippen LogP contribution in [0.1, 0.15) is 34.1 Å². The van der Waals surface area contributed by atoms with Crippen LogP contribution in [0.25, 0.3) is 0 Å². The predicted octanol–water partition coefficient (Wildman–Crippen LogP) is 2.87. The molecule has 0 aliphatic heterocycles. The van der Waals surface area contributed by atoms with Gasteiger partial charge in [-0.3, -0.25) is 4.79 Å². The molecule has 1 aliphatic rings. The zero-order valence-electron chi connectivity index (χ0n) is 9.59. The molecule has 0 aromatic carbocycles. The first-order valence-corrected chi connectivity index (χ1v) is 5.29. The number of hydrogen-bond donors (Lipinski definition) is 0. The van der Waals surface area contributed by atoms with E-state index in [2.05, 4.69) is 0 Å². The average Bonchev–Trinajstić information content (AvgIpc) is 2.72. The minimum atomic E-state index is -2.68. The van der Waals surface area contributed by atoms with E-state index in [-0.39, 0.29) is 18.3 Å². The Morgan fingerprint density at radius 3 is 2.53 bits per heavy atom. The van der Waals surface area contributed by atoms with Crippen molar-refractivity contribution in [1.29, 1.82) is 0 Å². The predicted molar refractivity (Wildman–Crippen MR) is 52.6 cm³/mol. The van der Waals surface area contributed by atoms with Gasteiger partial charge in [0, 0.05) is 17.8 Å². The molecule has 2 nitrogen and oxygen atoms in total. The standard InChI is InChI=1S/C11H18F2O2/c1-5-11(12,13)10(4)7(2)9(10)8(3)15-6-14/h6-9H,5H2,1-4H3. The fourth-order valence-corrected chi connectivity index (χ4v) is 2.79. The molecule has 1 rings (SSSR count). The van der Waals surface area contributed by atoms with E-state index in [1.54, 1.807) is 20.8 Å². The summed E-state index contributed by atoms with van der Waals surface area (Å²) in [4.78, 5) is 10.2.